The molecular formula is C16H20N2O4S. The van der Waals surface area contributed by atoms with E-state index in [2.05, 4.69) is 10.6 Å². The number of carbonyl (C=O) groups excluding carboxylic acids is 2. The summed E-state index contributed by atoms with van der Waals surface area (Å²) in [7, 11) is 0. The van der Waals surface area contributed by atoms with Crippen LogP contribution in [0.5, 0.6) is 0 Å². The largest absolute Gasteiger partial charge is 0.480 e. The van der Waals surface area contributed by atoms with Gasteiger partial charge in [-0.25, -0.2) is 4.79 Å². The molecule has 0 bridgehead atoms. The van der Waals surface area contributed by atoms with Gasteiger partial charge in [0.15, 0.2) is 0 Å². The minimum Gasteiger partial charge on any atom is -0.480 e. The van der Waals surface area contributed by atoms with Crippen molar-refractivity contribution in [1.29, 1.82) is 0 Å². The van der Waals surface area contributed by atoms with Gasteiger partial charge in [-0.2, -0.15) is 0 Å². The van der Waals surface area contributed by atoms with Gasteiger partial charge in [0, 0.05) is 10.5 Å². The second-order valence-electron chi connectivity index (χ2n) is 5.95. The maximum atomic E-state index is 12.3. The van der Waals surface area contributed by atoms with Crippen molar-refractivity contribution in [1.82, 2.24) is 5.32 Å². The molecule has 0 radical (unpaired) electrons. The van der Waals surface area contributed by atoms with E-state index in [1.54, 1.807) is 18.2 Å². The average Bonchev–Trinajstić information content (AvgIpc) is 2.46. The molecule has 2 atom stereocenters. The van der Waals surface area contributed by atoms with Crippen molar-refractivity contribution in [2.45, 2.75) is 43.4 Å². The summed E-state index contributed by atoms with van der Waals surface area (Å²) in [4.78, 5) is 36.1. The van der Waals surface area contributed by atoms with Crippen LogP contribution in [0.25, 0.3) is 0 Å². The number of benzene rings is 1. The number of amides is 2. The van der Waals surface area contributed by atoms with Crippen molar-refractivity contribution in [2.75, 3.05) is 5.32 Å². The molecule has 23 heavy (non-hydrogen) atoms. The van der Waals surface area contributed by atoms with Crippen molar-refractivity contribution in [2.24, 2.45) is 5.92 Å². The standard InChI is InChI=1S/C16H20N2O4S/c1-8(2)6-12(16(21)22)18-15(20)10-4-5-13-11(7-10)17-14(19)9(3)23-13/h4-5,7-9,12H,6H2,1-3H3,(H,17,19)(H,18,20)(H,21,22)/t9?,12-/m0/s1. The highest BCUT2D eigenvalue weighted by molar-refractivity contribution is 8.00. The predicted octanol–water partition coefficient (Wildman–Crippen LogP) is 2.35. The van der Waals surface area contributed by atoms with E-state index in [0.29, 0.717) is 17.7 Å². The number of nitrogens with one attached hydrogen (secondary N) is 2. The molecule has 1 heterocycles. The molecule has 2 amide bonds. The van der Waals surface area contributed by atoms with E-state index in [1.807, 2.05) is 20.8 Å². The summed E-state index contributed by atoms with van der Waals surface area (Å²) in [5.74, 6) is -1.47. The molecular weight excluding hydrogens is 316 g/mol. The van der Waals surface area contributed by atoms with Gasteiger partial charge in [0.2, 0.25) is 5.91 Å². The smallest absolute Gasteiger partial charge is 0.326 e. The van der Waals surface area contributed by atoms with Gasteiger partial charge < -0.3 is 15.7 Å². The summed E-state index contributed by atoms with van der Waals surface area (Å²) in [5, 5.41) is 14.3. The minimum atomic E-state index is -1.05. The van der Waals surface area contributed by atoms with Crippen LogP contribution in [0.3, 0.4) is 0 Å². The van der Waals surface area contributed by atoms with Crippen LogP contribution in [0.15, 0.2) is 23.1 Å². The molecule has 1 aromatic rings. The van der Waals surface area contributed by atoms with E-state index < -0.39 is 17.9 Å². The third-order valence-corrected chi connectivity index (χ3v) is 4.66. The Morgan fingerprint density at radius 1 is 1.39 bits per heavy atom. The molecule has 0 saturated carbocycles. The van der Waals surface area contributed by atoms with Gasteiger partial charge in [0.05, 0.1) is 10.9 Å². The van der Waals surface area contributed by atoms with Gasteiger partial charge in [-0.3, -0.25) is 9.59 Å². The summed E-state index contributed by atoms with van der Waals surface area (Å²) in [6.07, 6.45) is 0.357. The van der Waals surface area contributed by atoms with Gasteiger partial charge in [-0.05, 0) is 37.5 Å². The fourth-order valence-corrected chi connectivity index (χ4v) is 3.21. The molecule has 1 aliphatic rings. The van der Waals surface area contributed by atoms with Gasteiger partial charge in [-0.15, -0.1) is 11.8 Å². The quantitative estimate of drug-likeness (QED) is 0.767. The van der Waals surface area contributed by atoms with Crippen molar-refractivity contribution in [3.8, 4) is 0 Å². The maximum absolute atomic E-state index is 12.3. The Balaban J connectivity index is 2.15. The summed E-state index contributed by atoms with van der Waals surface area (Å²) >= 11 is 1.43. The van der Waals surface area contributed by atoms with Crippen molar-refractivity contribution >= 4 is 35.2 Å². The summed E-state index contributed by atoms with van der Waals surface area (Å²) in [6.45, 7) is 5.61. The first kappa shape index (κ1) is 17.3. The lowest BCUT2D eigenvalue weighted by Gasteiger charge is -2.22. The lowest BCUT2D eigenvalue weighted by Crippen LogP contribution is -2.41. The Bertz CT molecular complexity index is 645. The van der Waals surface area contributed by atoms with E-state index in [1.165, 1.54) is 11.8 Å². The number of thioether (sulfide) groups is 1. The SMILES string of the molecule is CC(C)C[C@H](NC(=O)c1ccc2c(c1)NC(=O)C(C)S2)C(=O)O. The lowest BCUT2D eigenvalue weighted by molar-refractivity contribution is -0.139. The topological polar surface area (TPSA) is 95.5 Å². The molecule has 0 aromatic heterocycles. The van der Waals surface area contributed by atoms with E-state index in [0.717, 1.165) is 4.90 Å². The van der Waals surface area contributed by atoms with Crippen LogP contribution < -0.4 is 10.6 Å². The number of fused-ring (bicyclic) bond motifs is 1. The molecule has 3 N–H and O–H groups in total. The molecule has 1 aliphatic heterocycles. The Kier molecular flexibility index (Phi) is 5.30. The number of anilines is 1. The number of carboxylic acids is 1. The van der Waals surface area contributed by atoms with Crippen LogP contribution in [0.4, 0.5) is 5.69 Å². The van der Waals surface area contributed by atoms with Crippen LogP contribution in [-0.2, 0) is 9.59 Å². The zero-order valence-corrected chi connectivity index (χ0v) is 14.1. The number of carboxylic acid groups (broad SMARTS) is 1. The van der Waals surface area contributed by atoms with Crippen LogP contribution in [0.2, 0.25) is 0 Å². The molecule has 1 unspecified atom stereocenters. The highest BCUT2D eigenvalue weighted by Crippen LogP contribution is 2.35. The van der Waals surface area contributed by atoms with Gasteiger partial charge >= 0.3 is 5.97 Å². The van der Waals surface area contributed by atoms with Crippen molar-refractivity contribution in [3.63, 3.8) is 0 Å². The molecule has 0 fully saturated rings. The van der Waals surface area contributed by atoms with Crippen molar-refractivity contribution in [3.05, 3.63) is 23.8 Å². The number of carbonyl (C=O) groups is 3. The van der Waals surface area contributed by atoms with Crippen LogP contribution >= 0.6 is 11.8 Å². The van der Waals surface area contributed by atoms with Gasteiger partial charge in [-0.1, -0.05) is 13.8 Å². The Labute approximate surface area is 139 Å². The first-order valence-corrected chi connectivity index (χ1v) is 8.31. The van der Waals surface area contributed by atoms with Crippen LogP contribution in [0.1, 0.15) is 37.6 Å². The number of hydrogen-bond acceptors (Lipinski definition) is 4. The zero-order chi connectivity index (χ0) is 17.1. The molecule has 6 nitrogen and oxygen atoms in total. The van der Waals surface area contributed by atoms with Crippen molar-refractivity contribution < 1.29 is 19.5 Å². The molecule has 124 valence electrons. The molecule has 7 heteroatoms. The predicted molar refractivity (Wildman–Crippen MR) is 88.7 cm³/mol. The monoisotopic (exact) mass is 336 g/mol. The van der Waals surface area contributed by atoms with Gasteiger partial charge in [0.1, 0.15) is 6.04 Å². The highest BCUT2D eigenvalue weighted by atomic mass is 32.2. The maximum Gasteiger partial charge on any atom is 0.326 e. The fraction of sp³-hybridized carbons (Fsp3) is 0.438. The van der Waals surface area contributed by atoms with Gasteiger partial charge in [0.25, 0.3) is 5.91 Å². The molecule has 0 aliphatic carbocycles. The Morgan fingerprint density at radius 3 is 2.70 bits per heavy atom. The zero-order valence-electron chi connectivity index (χ0n) is 13.3. The summed E-state index contributed by atoms with van der Waals surface area (Å²) in [5.41, 5.74) is 0.913. The Morgan fingerprint density at radius 2 is 2.09 bits per heavy atom. The normalized spacial score (nSPS) is 18.1. The second-order valence-corrected chi connectivity index (χ2v) is 7.34. The van der Waals surface area contributed by atoms with E-state index in [9.17, 15) is 19.5 Å². The van der Waals surface area contributed by atoms with E-state index in [-0.39, 0.29) is 17.1 Å². The first-order chi connectivity index (χ1) is 10.8. The first-order valence-electron chi connectivity index (χ1n) is 7.43. The second kappa shape index (κ2) is 7.04. The van der Waals surface area contributed by atoms with Crippen LogP contribution in [-0.4, -0.2) is 34.2 Å². The summed E-state index contributed by atoms with van der Waals surface area (Å²) < 4.78 is 0. The summed E-state index contributed by atoms with van der Waals surface area (Å²) in [6, 6.07) is 4.06. The molecule has 0 saturated heterocycles. The van der Waals surface area contributed by atoms with E-state index in [4.69, 9.17) is 0 Å². The van der Waals surface area contributed by atoms with Crippen LogP contribution in [0, 0.1) is 5.92 Å². The Hall–Kier alpha value is -2.02. The number of hydrogen-bond donors (Lipinski definition) is 3. The number of aliphatic carboxylic acids is 1. The average molecular weight is 336 g/mol. The number of rotatable bonds is 5. The highest BCUT2D eigenvalue weighted by Gasteiger charge is 2.25. The third-order valence-electron chi connectivity index (χ3n) is 3.48. The van der Waals surface area contributed by atoms with E-state index >= 15 is 0 Å². The minimum absolute atomic E-state index is 0.108. The molecule has 1 aromatic carbocycles. The molecule has 0 spiro atoms. The third kappa shape index (κ3) is 4.25. The fourth-order valence-electron chi connectivity index (χ4n) is 2.28. The molecule has 2 rings (SSSR count). The lowest BCUT2D eigenvalue weighted by atomic mass is 10.0.